The van der Waals surface area contributed by atoms with E-state index in [4.69, 9.17) is 9.26 Å². The van der Waals surface area contributed by atoms with Gasteiger partial charge in [0.1, 0.15) is 18.1 Å². The van der Waals surface area contributed by atoms with Gasteiger partial charge in [-0.25, -0.2) is 0 Å². The number of rotatable bonds is 7. The molecule has 1 fully saturated rings. The number of guanidine groups is 1. The zero-order valence-corrected chi connectivity index (χ0v) is 16.7. The van der Waals surface area contributed by atoms with Crippen LogP contribution in [0.4, 0.5) is 0 Å². The van der Waals surface area contributed by atoms with Crippen molar-refractivity contribution in [3.63, 3.8) is 0 Å². The van der Waals surface area contributed by atoms with Gasteiger partial charge in [0.15, 0.2) is 5.96 Å². The lowest BCUT2D eigenvalue weighted by Crippen LogP contribution is -2.52. The molecule has 1 aromatic heterocycles. The van der Waals surface area contributed by atoms with Crippen molar-refractivity contribution in [2.24, 2.45) is 4.99 Å². The molecular weight excluding hydrogens is 354 g/mol. The Kier molecular flexibility index (Phi) is 7.08. The Hall–Kier alpha value is -2.80. The van der Waals surface area contributed by atoms with E-state index in [1.54, 1.807) is 6.08 Å². The highest BCUT2D eigenvalue weighted by Gasteiger charge is 2.20. The second kappa shape index (κ2) is 9.94. The molecule has 0 radical (unpaired) electrons. The Morgan fingerprint density at radius 2 is 2.11 bits per heavy atom. The summed E-state index contributed by atoms with van der Waals surface area (Å²) in [7, 11) is 1.83. The van der Waals surface area contributed by atoms with Gasteiger partial charge in [-0.3, -0.25) is 9.89 Å². The number of hydrogen-bond donors (Lipinski definition) is 1. The van der Waals surface area contributed by atoms with Gasteiger partial charge in [-0.05, 0) is 13.0 Å². The van der Waals surface area contributed by atoms with Gasteiger partial charge < -0.3 is 19.5 Å². The molecule has 150 valence electrons. The van der Waals surface area contributed by atoms with Crippen LogP contribution in [0.2, 0.25) is 0 Å². The van der Waals surface area contributed by atoms with Gasteiger partial charge in [0.05, 0.1) is 5.69 Å². The standard InChI is InChI=1S/C21H29N5O2/c1-4-13-27-20-8-6-5-7-18(20)15-23-21(22-3)26-11-9-25(10-12-26)16-19-14-17(2)28-24-19/h4-8,14H,1,9-13,15-16H2,2-3H3,(H,22,23). The van der Waals surface area contributed by atoms with Gasteiger partial charge in [0, 0.05) is 57.9 Å². The van der Waals surface area contributed by atoms with E-state index in [2.05, 4.69) is 37.9 Å². The summed E-state index contributed by atoms with van der Waals surface area (Å²) in [4.78, 5) is 9.14. The van der Waals surface area contributed by atoms with Crippen LogP contribution in [0.1, 0.15) is 17.0 Å². The van der Waals surface area contributed by atoms with Crippen LogP contribution >= 0.6 is 0 Å². The van der Waals surface area contributed by atoms with Crippen molar-refractivity contribution in [3.8, 4) is 5.75 Å². The molecule has 0 aliphatic carbocycles. The fraction of sp³-hybridized carbons (Fsp3) is 0.429. The number of aromatic nitrogens is 1. The van der Waals surface area contributed by atoms with Crippen molar-refractivity contribution in [3.05, 3.63) is 60.0 Å². The number of nitrogens with zero attached hydrogens (tertiary/aromatic N) is 4. The molecule has 3 rings (SSSR count). The Morgan fingerprint density at radius 3 is 2.79 bits per heavy atom. The number of piperazine rings is 1. The van der Waals surface area contributed by atoms with Gasteiger partial charge in [0.25, 0.3) is 0 Å². The Balaban J connectivity index is 1.50. The highest BCUT2D eigenvalue weighted by Crippen LogP contribution is 2.18. The molecule has 0 spiro atoms. The third kappa shape index (κ3) is 5.36. The van der Waals surface area contributed by atoms with Crippen LogP contribution in [-0.4, -0.2) is 60.7 Å². The summed E-state index contributed by atoms with van der Waals surface area (Å²) in [5, 5.41) is 7.55. The first-order valence-electron chi connectivity index (χ1n) is 9.61. The molecule has 28 heavy (non-hydrogen) atoms. The minimum absolute atomic E-state index is 0.499. The molecule has 2 heterocycles. The molecule has 7 nitrogen and oxygen atoms in total. The lowest BCUT2D eigenvalue weighted by Gasteiger charge is -2.36. The number of aryl methyl sites for hydroxylation is 1. The first-order valence-corrected chi connectivity index (χ1v) is 9.61. The second-order valence-corrected chi connectivity index (χ2v) is 6.80. The molecule has 1 aliphatic heterocycles. The van der Waals surface area contributed by atoms with E-state index >= 15 is 0 Å². The molecule has 0 bridgehead atoms. The van der Waals surface area contributed by atoms with E-state index in [0.29, 0.717) is 13.2 Å². The summed E-state index contributed by atoms with van der Waals surface area (Å²) in [5.74, 6) is 2.64. The van der Waals surface area contributed by atoms with E-state index in [1.807, 2.05) is 38.2 Å². The van der Waals surface area contributed by atoms with Crippen LogP contribution in [0, 0.1) is 6.92 Å². The van der Waals surface area contributed by atoms with Gasteiger partial charge in [-0.15, -0.1) is 0 Å². The third-order valence-corrected chi connectivity index (χ3v) is 4.71. The fourth-order valence-electron chi connectivity index (χ4n) is 3.29. The van der Waals surface area contributed by atoms with Crippen molar-refractivity contribution in [1.82, 2.24) is 20.3 Å². The van der Waals surface area contributed by atoms with Crippen LogP contribution in [0.25, 0.3) is 0 Å². The van der Waals surface area contributed by atoms with Crippen LogP contribution in [0.5, 0.6) is 5.75 Å². The average molecular weight is 383 g/mol. The van der Waals surface area contributed by atoms with Crippen LogP contribution < -0.4 is 10.1 Å². The van der Waals surface area contributed by atoms with E-state index in [0.717, 1.165) is 61.5 Å². The van der Waals surface area contributed by atoms with Crippen LogP contribution in [-0.2, 0) is 13.1 Å². The molecule has 1 N–H and O–H groups in total. The smallest absolute Gasteiger partial charge is 0.194 e. The molecule has 1 aliphatic rings. The number of nitrogens with one attached hydrogen (secondary N) is 1. The Labute approximate surface area is 166 Å². The van der Waals surface area contributed by atoms with E-state index in [9.17, 15) is 0 Å². The van der Waals surface area contributed by atoms with Gasteiger partial charge in [-0.1, -0.05) is 36.0 Å². The maximum absolute atomic E-state index is 5.74. The van der Waals surface area contributed by atoms with Crippen LogP contribution in [0.15, 0.2) is 52.5 Å². The maximum Gasteiger partial charge on any atom is 0.194 e. The van der Waals surface area contributed by atoms with Crippen molar-refractivity contribution in [1.29, 1.82) is 0 Å². The summed E-state index contributed by atoms with van der Waals surface area (Å²) in [6.07, 6.45) is 1.75. The maximum atomic E-state index is 5.74. The molecule has 2 aromatic rings. The lowest BCUT2D eigenvalue weighted by atomic mass is 10.2. The lowest BCUT2D eigenvalue weighted by molar-refractivity contribution is 0.169. The van der Waals surface area contributed by atoms with E-state index in [1.165, 1.54) is 0 Å². The molecule has 0 amide bonds. The molecule has 0 atom stereocenters. The number of hydrogen-bond acceptors (Lipinski definition) is 5. The highest BCUT2D eigenvalue weighted by atomic mass is 16.5. The van der Waals surface area contributed by atoms with Crippen molar-refractivity contribution in [2.75, 3.05) is 39.8 Å². The quantitative estimate of drug-likeness (QED) is 0.450. The number of aliphatic imine (C=N–C) groups is 1. The van der Waals surface area contributed by atoms with Crippen LogP contribution in [0.3, 0.4) is 0 Å². The molecule has 7 heteroatoms. The normalized spacial score (nSPS) is 15.5. The zero-order valence-electron chi connectivity index (χ0n) is 16.7. The third-order valence-electron chi connectivity index (χ3n) is 4.71. The highest BCUT2D eigenvalue weighted by molar-refractivity contribution is 5.80. The summed E-state index contributed by atoms with van der Waals surface area (Å²) >= 11 is 0. The van der Waals surface area contributed by atoms with Crippen molar-refractivity contribution in [2.45, 2.75) is 20.0 Å². The summed E-state index contributed by atoms with van der Waals surface area (Å²) in [5.41, 5.74) is 2.09. The minimum Gasteiger partial charge on any atom is -0.489 e. The fourth-order valence-corrected chi connectivity index (χ4v) is 3.29. The van der Waals surface area contributed by atoms with Gasteiger partial charge in [0.2, 0.25) is 0 Å². The molecule has 1 aromatic carbocycles. The molecule has 0 unspecified atom stereocenters. The predicted octanol–water partition coefficient (Wildman–Crippen LogP) is 2.44. The molecule has 0 saturated carbocycles. The zero-order chi connectivity index (χ0) is 19.8. The van der Waals surface area contributed by atoms with Gasteiger partial charge in [-0.2, -0.15) is 0 Å². The summed E-state index contributed by atoms with van der Waals surface area (Å²) < 4.78 is 10.9. The predicted molar refractivity (Wildman–Crippen MR) is 110 cm³/mol. The minimum atomic E-state index is 0.499. The monoisotopic (exact) mass is 383 g/mol. The first-order chi connectivity index (χ1) is 13.7. The van der Waals surface area contributed by atoms with Crippen molar-refractivity contribution >= 4 is 5.96 Å². The molecule has 1 saturated heterocycles. The summed E-state index contributed by atoms with van der Waals surface area (Å²) in [6, 6.07) is 10.0. The largest absolute Gasteiger partial charge is 0.489 e. The summed E-state index contributed by atoms with van der Waals surface area (Å²) in [6.45, 7) is 11.4. The number of para-hydroxylation sites is 1. The first kappa shape index (κ1) is 19.9. The molecular formula is C21H29N5O2. The Bertz CT molecular complexity index is 794. The van der Waals surface area contributed by atoms with E-state index in [-0.39, 0.29) is 0 Å². The van der Waals surface area contributed by atoms with E-state index < -0.39 is 0 Å². The number of benzene rings is 1. The second-order valence-electron chi connectivity index (χ2n) is 6.80. The average Bonchev–Trinajstić information content (AvgIpc) is 3.13. The SMILES string of the molecule is C=CCOc1ccccc1CNC(=NC)N1CCN(Cc2cc(C)on2)CC1. The Morgan fingerprint density at radius 1 is 1.32 bits per heavy atom. The number of ether oxygens (including phenoxy) is 1. The topological polar surface area (TPSA) is 66.1 Å². The van der Waals surface area contributed by atoms with Gasteiger partial charge >= 0.3 is 0 Å². The van der Waals surface area contributed by atoms with Crippen molar-refractivity contribution < 1.29 is 9.26 Å².